The predicted octanol–water partition coefficient (Wildman–Crippen LogP) is 2.46. The van der Waals surface area contributed by atoms with Crippen LogP contribution in [-0.2, 0) is 0 Å². The molecule has 0 saturated heterocycles. The second-order valence-electron chi connectivity index (χ2n) is 4.15. The first-order valence-corrected chi connectivity index (χ1v) is 6.59. The summed E-state index contributed by atoms with van der Waals surface area (Å²) in [6.45, 7) is 6.07. The van der Waals surface area contributed by atoms with Gasteiger partial charge in [0.1, 0.15) is 4.51 Å². The molecule has 0 saturated carbocycles. The zero-order valence-electron chi connectivity index (χ0n) is 11.6. The Balaban J connectivity index is 0.00000121. The average molecular weight is 256 g/mol. The second-order valence-corrected chi connectivity index (χ2v) is 4.56. The Morgan fingerprint density at radius 1 is 1.12 bits per heavy atom. The first-order valence-electron chi connectivity index (χ1n) is 6.18. The van der Waals surface area contributed by atoms with Gasteiger partial charge in [0.15, 0.2) is 0 Å². The highest BCUT2D eigenvalue weighted by molar-refractivity contribution is 7.71. The third-order valence-electron chi connectivity index (χ3n) is 2.48. The van der Waals surface area contributed by atoms with Crippen LogP contribution in [0.1, 0.15) is 26.7 Å². The van der Waals surface area contributed by atoms with Crippen molar-refractivity contribution in [3.8, 4) is 0 Å². The number of nitrogens with zero attached hydrogens (tertiary/aromatic N) is 2. The first kappa shape index (κ1) is 16.3. The summed E-state index contributed by atoms with van der Waals surface area (Å²) < 4.78 is 0.491. The molecule has 0 aliphatic heterocycles. The Morgan fingerprint density at radius 2 is 1.65 bits per heavy atom. The molecule has 3 nitrogen and oxygen atoms in total. The smallest absolute Gasteiger partial charge is 0.200 e. The molecule has 0 aliphatic rings. The summed E-state index contributed by atoms with van der Waals surface area (Å²) in [4.78, 5) is 15.2. The van der Waals surface area contributed by atoms with Crippen molar-refractivity contribution < 1.29 is 0 Å². The fraction of sp³-hybridized carbons (Fsp3) is 0.692. The van der Waals surface area contributed by atoms with Crippen LogP contribution in [-0.4, -0.2) is 39.1 Å². The summed E-state index contributed by atoms with van der Waals surface area (Å²) in [7, 11) is 6.14. The molecule has 0 unspecified atom stereocenters. The van der Waals surface area contributed by atoms with Crippen LogP contribution < -0.4 is 10.3 Å². The molecule has 0 heterocycles. The second kappa shape index (κ2) is 8.37. The number of hydrogen-bond donors (Lipinski definition) is 0. The van der Waals surface area contributed by atoms with Crippen LogP contribution in [0.25, 0.3) is 0 Å². The van der Waals surface area contributed by atoms with Crippen LogP contribution >= 0.6 is 12.2 Å². The third-order valence-corrected chi connectivity index (χ3v) is 2.89. The molecule has 0 spiro atoms. The number of anilines is 1. The maximum atomic E-state index is 10.9. The zero-order valence-corrected chi connectivity index (χ0v) is 12.4. The molecule has 1 rings (SSSR count). The van der Waals surface area contributed by atoms with Crippen molar-refractivity contribution in [3.05, 3.63) is 20.8 Å². The zero-order chi connectivity index (χ0) is 13.4. The lowest BCUT2D eigenvalue weighted by Gasteiger charge is -2.20. The van der Waals surface area contributed by atoms with Crippen LogP contribution in [0, 0.1) is 4.51 Å². The van der Waals surface area contributed by atoms with E-state index in [4.69, 9.17) is 12.2 Å². The minimum absolute atomic E-state index is 0.000131. The predicted molar refractivity (Wildman–Crippen MR) is 78.3 cm³/mol. The molecule has 0 aromatic heterocycles. The van der Waals surface area contributed by atoms with Gasteiger partial charge in [0.25, 0.3) is 0 Å². The minimum Gasteiger partial charge on any atom is -0.373 e. The van der Waals surface area contributed by atoms with Gasteiger partial charge in [0.2, 0.25) is 5.43 Å². The lowest BCUT2D eigenvalue weighted by Crippen LogP contribution is -2.25. The lowest BCUT2D eigenvalue weighted by atomic mass is 10.2. The van der Waals surface area contributed by atoms with Crippen molar-refractivity contribution in [1.82, 2.24) is 4.90 Å². The van der Waals surface area contributed by atoms with E-state index in [1.54, 1.807) is 6.07 Å². The number of rotatable bonds is 6. The molecule has 0 atom stereocenters. The van der Waals surface area contributed by atoms with Crippen molar-refractivity contribution in [2.75, 3.05) is 39.1 Å². The third kappa shape index (κ3) is 5.41. The van der Waals surface area contributed by atoms with Gasteiger partial charge < -0.3 is 9.80 Å². The van der Waals surface area contributed by atoms with E-state index in [1.165, 1.54) is 6.42 Å². The minimum atomic E-state index is 0.000131. The molecule has 0 bridgehead atoms. The molecular formula is C13H24N2OS. The molecule has 0 fully saturated rings. The van der Waals surface area contributed by atoms with Crippen LogP contribution in [0.15, 0.2) is 10.9 Å². The molecule has 1 aromatic carbocycles. The summed E-state index contributed by atoms with van der Waals surface area (Å²) in [5.74, 6) is 0. The largest absolute Gasteiger partial charge is 0.373 e. The molecule has 0 aliphatic carbocycles. The number of hydrogen-bond acceptors (Lipinski definition) is 4. The van der Waals surface area contributed by atoms with Gasteiger partial charge >= 0.3 is 0 Å². The fourth-order valence-corrected chi connectivity index (χ4v) is 1.76. The highest BCUT2D eigenvalue weighted by atomic mass is 32.1. The van der Waals surface area contributed by atoms with Crippen molar-refractivity contribution >= 4 is 17.9 Å². The Hall–Kier alpha value is -0.740. The van der Waals surface area contributed by atoms with Gasteiger partial charge in [0, 0.05) is 19.7 Å². The Labute approximate surface area is 110 Å². The molecule has 0 amide bonds. The van der Waals surface area contributed by atoms with Crippen LogP contribution in [0.2, 0.25) is 0 Å². The Kier molecular flexibility index (Phi) is 8.00. The monoisotopic (exact) mass is 256 g/mol. The summed E-state index contributed by atoms with van der Waals surface area (Å²) >= 11 is 4.96. The topological polar surface area (TPSA) is 23.6 Å². The van der Waals surface area contributed by atoms with E-state index in [0.717, 1.165) is 25.2 Å². The summed E-state index contributed by atoms with van der Waals surface area (Å²) in [6, 6.07) is 1.62. The van der Waals surface area contributed by atoms with E-state index < -0.39 is 0 Å². The average Bonchev–Trinajstić information content (AvgIpc) is 2.33. The maximum absolute atomic E-state index is 10.9. The van der Waals surface area contributed by atoms with E-state index in [2.05, 4.69) is 23.9 Å². The SMILES string of the molecule is CC.CN(C)CCCCN(C)c1cc(=O)c1=S. The van der Waals surface area contributed by atoms with Crippen molar-refractivity contribution in [3.63, 3.8) is 0 Å². The van der Waals surface area contributed by atoms with Gasteiger partial charge in [0.05, 0.1) is 5.69 Å². The van der Waals surface area contributed by atoms with Crippen LogP contribution in [0.3, 0.4) is 0 Å². The fourth-order valence-electron chi connectivity index (χ4n) is 1.48. The molecule has 4 heteroatoms. The van der Waals surface area contributed by atoms with E-state index in [-0.39, 0.29) is 5.43 Å². The van der Waals surface area contributed by atoms with E-state index in [1.807, 2.05) is 20.9 Å². The van der Waals surface area contributed by atoms with Crippen LogP contribution in [0.5, 0.6) is 0 Å². The van der Waals surface area contributed by atoms with Gasteiger partial charge in [-0.1, -0.05) is 26.1 Å². The maximum Gasteiger partial charge on any atom is 0.200 e. The van der Waals surface area contributed by atoms with Crippen molar-refractivity contribution in [2.45, 2.75) is 26.7 Å². The number of unbranched alkanes of at least 4 members (excludes halogenated alkanes) is 1. The van der Waals surface area contributed by atoms with Gasteiger partial charge in [-0.2, -0.15) is 0 Å². The van der Waals surface area contributed by atoms with E-state index in [9.17, 15) is 4.79 Å². The summed E-state index contributed by atoms with van der Waals surface area (Å²) in [5, 5.41) is 0. The quantitative estimate of drug-likeness (QED) is 0.576. The molecule has 0 radical (unpaired) electrons. The van der Waals surface area contributed by atoms with E-state index >= 15 is 0 Å². The van der Waals surface area contributed by atoms with Gasteiger partial charge in [-0.3, -0.25) is 4.79 Å². The molecule has 1 aromatic rings. The van der Waals surface area contributed by atoms with Crippen molar-refractivity contribution in [1.29, 1.82) is 0 Å². The molecule has 17 heavy (non-hydrogen) atoms. The molecule has 0 N–H and O–H groups in total. The summed E-state index contributed by atoms with van der Waals surface area (Å²) in [6.07, 6.45) is 2.30. The highest BCUT2D eigenvalue weighted by Crippen LogP contribution is 2.13. The molecule has 98 valence electrons. The van der Waals surface area contributed by atoms with Gasteiger partial charge in [-0.15, -0.1) is 0 Å². The standard InChI is InChI=1S/C11H18N2OS.C2H6/c1-12(2)6-4-5-7-13(3)9-8-10(14)11(9)15;1-2/h8H,4-7H2,1-3H3;1-2H3. The van der Waals surface area contributed by atoms with Gasteiger partial charge in [-0.05, 0) is 33.5 Å². The summed E-state index contributed by atoms with van der Waals surface area (Å²) in [5.41, 5.74) is 0.931. The molecular weight excluding hydrogens is 232 g/mol. The Bertz CT molecular complexity index is 380. The van der Waals surface area contributed by atoms with Crippen LogP contribution in [0.4, 0.5) is 5.69 Å². The normalized spacial score (nSPS) is 10.2. The van der Waals surface area contributed by atoms with Gasteiger partial charge in [-0.25, -0.2) is 0 Å². The lowest BCUT2D eigenvalue weighted by molar-refractivity contribution is 0.395. The Morgan fingerprint density at radius 3 is 2.06 bits per heavy atom. The first-order chi connectivity index (χ1) is 8.02. The van der Waals surface area contributed by atoms with Crippen molar-refractivity contribution in [2.24, 2.45) is 0 Å². The van der Waals surface area contributed by atoms with E-state index in [0.29, 0.717) is 4.51 Å². The highest BCUT2D eigenvalue weighted by Gasteiger charge is 2.09.